The van der Waals surface area contributed by atoms with Gasteiger partial charge in [-0.15, -0.1) is 11.3 Å². The summed E-state index contributed by atoms with van der Waals surface area (Å²) in [5.41, 5.74) is 2.60. The molecule has 2 rings (SSSR count). The molecule has 1 nitrogen and oxygen atoms in total. The quantitative estimate of drug-likeness (QED) is 0.873. The van der Waals surface area contributed by atoms with Crippen LogP contribution < -0.4 is 5.32 Å². The van der Waals surface area contributed by atoms with Gasteiger partial charge in [0.2, 0.25) is 0 Å². The van der Waals surface area contributed by atoms with Gasteiger partial charge in [-0.3, -0.25) is 0 Å². The first-order valence-electron chi connectivity index (χ1n) is 5.71. The molecule has 1 N–H and O–H groups in total. The molecular weight excluding hydrogens is 250 g/mol. The van der Waals surface area contributed by atoms with Crippen LogP contribution in [0.2, 0.25) is 4.34 Å². The predicted molar refractivity (Wildman–Crippen MR) is 77.0 cm³/mol. The van der Waals surface area contributed by atoms with Crippen LogP contribution in [0.3, 0.4) is 0 Å². The minimum atomic E-state index is 0.511. The van der Waals surface area contributed by atoms with Gasteiger partial charge < -0.3 is 5.32 Å². The summed E-state index contributed by atoms with van der Waals surface area (Å²) in [6, 6.07) is 13.2. The molecule has 2 aromatic rings. The topological polar surface area (TPSA) is 12.0 Å². The van der Waals surface area contributed by atoms with Gasteiger partial charge in [0.05, 0.1) is 4.34 Å². The van der Waals surface area contributed by atoms with Crippen LogP contribution in [0.4, 0.5) is 0 Å². The van der Waals surface area contributed by atoms with Crippen LogP contribution in [0.25, 0.3) is 10.4 Å². The molecule has 17 heavy (non-hydrogen) atoms. The Bertz CT molecular complexity index is 475. The summed E-state index contributed by atoms with van der Waals surface area (Å²) in [5, 5.41) is 3.25. The Hall–Kier alpha value is -0.830. The third-order valence-corrected chi connectivity index (χ3v) is 4.13. The van der Waals surface area contributed by atoms with E-state index in [1.165, 1.54) is 16.0 Å². The molecule has 0 bridgehead atoms. The van der Waals surface area contributed by atoms with Gasteiger partial charge in [0.1, 0.15) is 0 Å². The van der Waals surface area contributed by atoms with Crippen LogP contribution in [0, 0.1) is 0 Å². The predicted octanol–water partition coefficient (Wildman–Crippen LogP) is 4.22. The first kappa shape index (κ1) is 12.6. The van der Waals surface area contributed by atoms with Crippen LogP contribution >= 0.6 is 22.9 Å². The highest BCUT2D eigenvalue weighted by atomic mass is 35.5. The molecule has 0 amide bonds. The molecule has 0 spiro atoms. The summed E-state index contributed by atoms with van der Waals surface area (Å²) in [5.74, 6) is 0. The van der Waals surface area contributed by atoms with Crippen LogP contribution in [0.1, 0.15) is 12.5 Å². The molecule has 0 saturated carbocycles. The molecule has 1 aromatic carbocycles. The monoisotopic (exact) mass is 265 g/mol. The van der Waals surface area contributed by atoms with E-state index in [1.54, 1.807) is 11.3 Å². The fourth-order valence-corrected chi connectivity index (χ4v) is 2.78. The molecule has 1 heterocycles. The van der Waals surface area contributed by atoms with E-state index in [4.69, 9.17) is 11.6 Å². The molecule has 1 aromatic heterocycles. The third kappa shape index (κ3) is 3.32. The summed E-state index contributed by atoms with van der Waals surface area (Å²) < 4.78 is 0.841. The highest BCUT2D eigenvalue weighted by Crippen LogP contribution is 2.31. The molecule has 0 saturated heterocycles. The lowest BCUT2D eigenvalue weighted by molar-refractivity contribution is 0.608. The van der Waals surface area contributed by atoms with E-state index >= 15 is 0 Å². The van der Waals surface area contributed by atoms with E-state index in [0.29, 0.717) is 6.04 Å². The van der Waals surface area contributed by atoms with Gasteiger partial charge in [-0.25, -0.2) is 0 Å². The molecule has 1 unspecified atom stereocenters. The zero-order valence-corrected chi connectivity index (χ0v) is 11.6. The van der Waals surface area contributed by atoms with E-state index in [1.807, 2.05) is 13.1 Å². The zero-order valence-electron chi connectivity index (χ0n) is 10.0. The SMILES string of the molecule is CNC(C)Cc1ccc(-c2ccc(Cl)s2)cc1. The molecular formula is C14H16ClNS. The molecule has 0 fully saturated rings. The fraction of sp³-hybridized carbons (Fsp3) is 0.286. The number of hydrogen-bond donors (Lipinski definition) is 1. The standard InChI is InChI=1S/C14H16ClNS/c1-10(16-2)9-11-3-5-12(6-4-11)13-7-8-14(15)17-13/h3-8,10,16H,9H2,1-2H3. The molecule has 90 valence electrons. The normalized spacial score (nSPS) is 12.6. The number of benzene rings is 1. The minimum Gasteiger partial charge on any atom is -0.317 e. The second-order valence-electron chi connectivity index (χ2n) is 4.19. The molecule has 0 aliphatic carbocycles. The summed E-state index contributed by atoms with van der Waals surface area (Å²) in [6.45, 7) is 2.19. The van der Waals surface area contributed by atoms with Crippen molar-refractivity contribution in [2.75, 3.05) is 7.05 Å². The van der Waals surface area contributed by atoms with E-state index < -0.39 is 0 Å². The van der Waals surface area contributed by atoms with Crippen molar-refractivity contribution in [3.63, 3.8) is 0 Å². The lowest BCUT2D eigenvalue weighted by Crippen LogP contribution is -2.23. The summed E-state index contributed by atoms with van der Waals surface area (Å²) >= 11 is 7.56. The van der Waals surface area contributed by atoms with Crippen LogP contribution in [-0.2, 0) is 6.42 Å². The van der Waals surface area contributed by atoms with Crippen molar-refractivity contribution >= 4 is 22.9 Å². The lowest BCUT2D eigenvalue weighted by atomic mass is 10.0. The summed E-state index contributed by atoms with van der Waals surface area (Å²) in [4.78, 5) is 1.23. The Morgan fingerprint density at radius 1 is 1.18 bits per heavy atom. The molecule has 0 aliphatic rings. The second kappa shape index (κ2) is 5.67. The van der Waals surface area contributed by atoms with Gasteiger partial charge in [0.15, 0.2) is 0 Å². The van der Waals surface area contributed by atoms with Crippen molar-refractivity contribution in [3.8, 4) is 10.4 Å². The molecule has 3 heteroatoms. The number of likely N-dealkylation sites (N-methyl/N-ethyl adjacent to an activating group) is 1. The Kier molecular flexibility index (Phi) is 4.21. The first-order valence-corrected chi connectivity index (χ1v) is 6.90. The lowest BCUT2D eigenvalue weighted by Gasteiger charge is -2.10. The minimum absolute atomic E-state index is 0.511. The average Bonchev–Trinajstić information content (AvgIpc) is 2.77. The third-order valence-electron chi connectivity index (χ3n) is 2.85. The van der Waals surface area contributed by atoms with Gasteiger partial charge >= 0.3 is 0 Å². The molecule has 0 aliphatic heterocycles. The number of halogens is 1. The Balaban J connectivity index is 2.13. The van der Waals surface area contributed by atoms with Crippen molar-refractivity contribution in [3.05, 3.63) is 46.3 Å². The van der Waals surface area contributed by atoms with E-state index in [9.17, 15) is 0 Å². The van der Waals surface area contributed by atoms with Gasteiger partial charge in [-0.2, -0.15) is 0 Å². The molecule has 0 radical (unpaired) electrons. The maximum atomic E-state index is 5.94. The Morgan fingerprint density at radius 3 is 2.41 bits per heavy atom. The van der Waals surface area contributed by atoms with Crippen molar-refractivity contribution in [2.24, 2.45) is 0 Å². The fourth-order valence-electron chi connectivity index (χ4n) is 1.73. The Labute approximate surface area is 111 Å². The number of thiophene rings is 1. The number of rotatable bonds is 4. The van der Waals surface area contributed by atoms with Crippen molar-refractivity contribution in [2.45, 2.75) is 19.4 Å². The molecule has 1 atom stereocenters. The summed E-state index contributed by atoms with van der Waals surface area (Å²) in [7, 11) is 1.99. The van der Waals surface area contributed by atoms with Crippen LogP contribution in [-0.4, -0.2) is 13.1 Å². The highest BCUT2D eigenvalue weighted by molar-refractivity contribution is 7.19. The first-order chi connectivity index (χ1) is 8.19. The average molecular weight is 266 g/mol. The van der Waals surface area contributed by atoms with E-state index in [0.717, 1.165) is 10.8 Å². The smallest absolute Gasteiger partial charge is 0.0934 e. The van der Waals surface area contributed by atoms with Gasteiger partial charge in [0, 0.05) is 10.9 Å². The van der Waals surface area contributed by atoms with Crippen molar-refractivity contribution in [1.82, 2.24) is 5.32 Å². The van der Waals surface area contributed by atoms with E-state index in [-0.39, 0.29) is 0 Å². The Morgan fingerprint density at radius 2 is 1.88 bits per heavy atom. The van der Waals surface area contributed by atoms with Crippen molar-refractivity contribution < 1.29 is 0 Å². The summed E-state index contributed by atoms with van der Waals surface area (Å²) in [6.07, 6.45) is 1.06. The van der Waals surface area contributed by atoms with Gasteiger partial charge in [0.25, 0.3) is 0 Å². The number of hydrogen-bond acceptors (Lipinski definition) is 2. The maximum Gasteiger partial charge on any atom is 0.0934 e. The zero-order chi connectivity index (χ0) is 12.3. The highest BCUT2D eigenvalue weighted by Gasteiger charge is 2.03. The van der Waals surface area contributed by atoms with Crippen molar-refractivity contribution in [1.29, 1.82) is 0 Å². The second-order valence-corrected chi connectivity index (χ2v) is 5.91. The maximum absolute atomic E-state index is 5.94. The number of nitrogens with one attached hydrogen (secondary N) is 1. The van der Waals surface area contributed by atoms with E-state index in [2.05, 4.69) is 42.6 Å². The largest absolute Gasteiger partial charge is 0.317 e. The van der Waals surface area contributed by atoms with Gasteiger partial charge in [-0.1, -0.05) is 35.9 Å². The van der Waals surface area contributed by atoms with Gasteiger partial charge in [-0.05, 0) is 43.7 Å². The van der Waals surface area contributed by atoms with Crippen LogP contribution in [0.15, 0.2) is 36.4 Å². The van der Waals surface area contributed by atoms with Crippen LogP contribution in [0.5, 0.6) is 0 Å².